The van der Waals surface area contributed by atoms with Gasteiger partial charge in [-0.1, -0.05) is 42.5 Å². The number of rotatable bonds is 2. The van der Waals surface area contributed by atoms with Crippen molar-refractivity contribution >= 4 is 0 Å². The van der Waals surface area contributed by atoms with Gasteiger partial charge in [0.25, 0.3) is 0 Å². The zero-order chi connectivity index (χ0) is 12.6. The lowest BCUT2D eigenvalue weighted by molar-refractivity contribution is 0.340. The van der Waals surface area contributed by atoms with Crippen LogP contribution in [0.2, 0.25) is 0 Å². The summed E-state index contributed by atoms with van der Waals surface area (Å²) < 4.78 is 18.4. The predicted molar refractivity (Wildman–Crippen MR) is 64.0 cm³/mol. The van der Waals surface area contributed by atoms with Crippen molar-refractivity contribution in [2.45, 2.75) is 11.7 Å². The van der Waals surface area contributed by atoms with E-state index in [4.69, 9.17) is 4.74 Å². The first-order valence-electron chi connectivity index (χ1n) is 5.66. The van der Waals surface area contributed by atoms with E-state index in [1.165, 1.54) is 12.1 Å². The molecule has 88 valence electrons. The van der Waals surface area contributed by atoms with Crippen molar-refractivity contribution in [1.82, 2.24) is 0 Å². The average molecular weight is 239 g/mol. The first-order valence-corrected chi connectivity index (χ1v) is 5.66. The molecule has 3 heteroatoms. The van der Waals surface area contributed by atoms with Crippen LogP contribution in [0.25, 0.3) is 0 Å². The monoisotopic (exact) mass is 239 g/mol. The molecule has 18 heavy (non-hydrogen) atoms. The first-order chi connectivity index (χ1) is 8.76. The summed E-state index contributed by atoms with van der Waals surface area (Å²) in [7, 11) is 0. The van der Waals surface area contributed by atoms with Gasteiger partial charge < -0.3 is 4.74 Å². The van der Waals surface area contributed by atoms with E-state index in [9.17, 15) is 9.65 Å². The van der Waals surface area contributed by atoms with Gasteiger partial charge in [-0.25, -0.2) is 4.39 Å². The summed E-state index contributed by atoms with van der Waals surface area (Å²) in [6.07, 6.45) is -0.314. The Labute approximate surface area is 104 Å². The van der Waals surface area contributed by atoms with E-state index in [0.717, 1.165) is 11.1 Å². The first kappa shape index (κ1) is 10.9. The Balaban J connectivity index is 1.95. The van der Waals surface area contributed by atoms with Crippen LogP contribution in [0, 0.1) is 17.1 Å². The van der Waals surface area contributed by atoms with Gasteiger partial charge in [0, 0.05) is 5.56 Å². The zero-order valence-corrected chi connectivity index (χ0v) is 9.51. The van der Waals surface area contributed by atoms with Crippen molar-refractivity contribution in [3.8, 4) is 6.07 Å². The van der Waals surface area contributed by atoms with Crippen LogP contribution in [-0.2, 0) is 10.3 Å². The normalized spacial score (nSPS) is 25.4. The van der Waals surface area contributed by atoms with Gasteiger partial charge in [-0.15, -0.1) is 0 Å². The third kappa shape index (κ3) is 1.59. The van der Waals surface area contributed by atoms with E-state index >= 15 is 0 Å². The average Bonchev–Trinajstić information content (AvgIpc) is 3.17. The van der Waals surface area contributed by atoms with Crippen molar-refractivity contribution in [2.24, 2.45) is 0 Å². The lowest BCUT2D eigenvalue weighted by atomic mass is 9.93. The highest BCUT2D eigenvalue weighted by atomic mass is 19.1. The second-order valence-corrected chi connectivity index (χ2v) is 4.26. The minimum atomic E-state index is -0.918. The lowest BCUT2D eigenvalue weighted by Crippen LogP contribution is -2.06. The second-order valence-electron chi connectivity index (χ2n) is 4.26. The molecule has 0 bridgehead atoms. The molecule has 2 unspecified atom stereocenters. The Morgan fingerprint density at radius 3 is 2.33 bits per heavy atom. The van der Waals surface area contributed by atoms with E-state index in [1.807, 2.05) is 30.3 Å². The molecule has 1 aliphatic heterocycles. The van der Waals surface area contributed by atoms with Crippen LogP contribution in [0.15, 0.2) is 54.6 Å². The van der Waals surface area contributed by atoms with Crippen LogP contribution >= 0.6 is 0 Å². The fourth-order valence-corrected chi connectivity index (χ4v) is 2.15. The maximum Gasteiger partial charge on any atom is 0.210 e. The van der Waals surface area contributed by atoms with Gasteiger partial charge in [-0.3, -0.25) is 0 Å². The van der Waals surface area contributed by atoms with Crippen molar-refractivity contribution in [1.29, 1.82) is 5.26 Å². The summed E-state index contributed by atoms with van der Waals surface area (Å²) in [4.78, 5) is 0. The molecule has 2 aromatic rings. The third-order valence-electron chi connectivity index (χ3n) is 3.16. The standard InChI is InChI=1S/C15H10FNO/c16-13-8-6-11(7-9-13)14-15(10-17,18-14)12-4-2-1-3-5-12/h1-9,14H. The topological polar surface area (TPSA) is 36.3 Å². The Morgan fingerprint density at radius 2 is 1.72 bits per heavy atom. The molecule has 0 aliphatic carbocycles. The molecule has 0 saturated carbocycles. The second kappa shape index (κ2) is 3.94. The lowest BCUT2D eigenvalue weighted by Gasteiger charge is -2.03. The fourth-order valence-electron chi connectivity index (χ4n) is 2.15. The number of benzene rings is 2. The molecular weight excluding hydrogens is 229 g/mol. The molecule has 0 aromatic heterocycles. The molecule has 2 atom stereocenters. The molecule has 2 nitrogen and oxygen atoms in total. The highest BCUT2D eigenvalue weighted by molar-refractivity contribution is 5.41. The highest BCUT2D eigenvalue weighted by Crippen LogP contribution is 2.56. The largest absolute Gasteiger partial charge is 0.340 e. The SMILES string of the molecule is N#CC1(c2ccccc2)OC1c1ccc(F)cc1. The van der Waals surface area contributed by atoms with Crippen LogP contribution < -0.4 is 0 Å². The van der Waals surface area contributed by atoms with Gasteiger partial charge in [0.1, 0.15) is 18.0 Å². The van der Waals surface area contributed by atoms with E-state index < -0.39 is 5.60 Å². The summed E-state index contributed by atoms with van der Waals surface area (Å²) >= 11 is 0. The Kier molecular flexibility index (Phi) is 2.39. The number of hydrogen-bond donors (Lipinski definition) is 0. The van der Waals surface area contributed by atoms with E-state index in [2.05, 4.69) is 6.07 Å². The zero-order valence-electron chi connectivity index (χ0n) is 9.51. The number of hydrogen-bond acceptors (Lipinski definition) is 2. The van der Waals surface area contributed by atoms with Gasteiger partial charge in [0.15, 0.2) is 0 Å². The van der Waals surface area contributed by atoms with Crippen LogP contribution in [-0.4, -0.2) is 0 Å². The molecule has 0 N–H and O–H groups in total. The van der Waals surface area contributed by atoms with Crippen LogP contribution in [0.3, 0.4) is 0 Å². The maximum atomic E-state index is 12.9. The molecular formula is C15H10FNO. The molecule has 0 radical (unpaired) electrons. The minimum absolute atomic E-state index is 0.290. The smallest absolute Gasteiger partial charge is 0.210 e. The number of nitriles is 1. The summed E-state index contributed by atoms with van der Waals surface area (Å²) in [6, 6.07) is 17.7. The predicted octanol–water partition coefficient (Wildman–Crippen LogP) is 3.32. The summed E-state index contributed by atoms with van der Waals surface area (Å²) in [5, 5.41) is 9.35. The van der Waals surface area contributed by atoms with Crippen molar-refractivity contribution < 1.29 is 9.13 Å². The van der Waals surface area contributed by atoms with Crippen LogP contribution in [0.1, 0.15) is 17.2 Å². The maximum absolute atomic E-state index is 12.9. The Bertz CT molecular complexity index is 603. The van der Waals surface area contributed by atoms with Crippen LogP contribution in [0.5, 0.6) is 0 Å². The molecule has 1 saturated heterocycles. The van der Waals surface area contributed by atoms with E-state index in [1.54, 1.807) is 12.1 Å². The quantitative estimate of drug-likeness (QED) is 0.754. The van der Waals surface area contributed by atoms with E-state index in [0.29, 0.717) is 0 Å². The molecule has 0 amide bonds. The molecule has 0 spiro atoms. The Morgan fingerprint density at radius 1 is 1.06 bits per heavy atom. The van der Waals surface area contributed by atoms with Crippen LogP contribution in [0.4, 0.5) is 4.39 Å². The number of nitrogens with zero attached hydrogens (tertiary/aromatic N) is 1. The fraction of sp³-hybridized carbons (Fsp3) is 0.133. The van der Waals surface area contributed by atoms with Gasteiger partial charge in [0.05, 0.1) is 0 Å². The molecule has 1 aliphatic rings. The van der Waals surface area contributed by atoms with Gasteiger partial charge in [0.2, 0.25) is 5.60 Å². The van der Waals surface area contributed by atoms with Crippen molar-refractivity contribution in [3.05, 3.63) is 71.5 Å². The Hall–Kier alpha value is -2.18. The number of ether oxygens (including phenoxy) is 1. The number of halogens is 1. The van der Waals surface area contributed by atoms with E-state index in [-0.39, 0.29) is 11.9 Å². The molecule has 1 fully saturated rings. The van der Waals surface area contributed by atoms with Crippen molar-refractivity contribution in [2.75, 3.05) is 0 Å². The van der Waals surface area contributed by atoms with Crippen molar-refractivity contribution in [3.63, 3.8) is 0 Å². The molecule has 1 heterocycles. The molecule has 3 rings (SSSR count). The van der Waals surface area contributed by atoms with Gasteiger partial charge in [-0.05, 0) is 17.7 Å². The summed E-state index contributed by atoms with van der Waals surface area (Å²) in [5.74, 6) is -0.290. The molecule has 2 aromatic carbocycles. The highest BCUT2D eigenvalue weighted by Gasteiger charge is 2.59. The minimum Gasteiger partial charge on any atom is -0.340 e. The summed E-state index contributed by atoms with van der Waals surface area (Å²) in [5.41, 5.74) is 0.739. The van der Waals surface area contributed by atoms with Gasteiger partial charge >= 0.3 is 0 Å². The third-order valence-corrected chi connectivity index (χ3v) is 3.16. The number of epoxide rings is 1. The summed E-state index contributed by atoms with van der Waals surface area (Å²) in [6.45, 7) is 0. The van der Waals surface area contributed by atoms with Gasteiger partial charge in [-0.2, -0.15) is 5.26 Å².